The molecule has 0 saturated carbocycles. The van der Waals surface area contributed by atoms with Gasteiger partial charge >= 0.3 is 0 Å². The number of anilines is 1. The van der Waals surface area contributed by atoms with Gasteiger partial charge in [0.15, 0.2) is 0 Å². The number of aryl methyl sites for hydroxylation is 1. The van der Waals surface area contributed by atoms with Crippen LogP contribution in [0.5, 0.6) is 0 Å². The first-order chi connectivity index (χ1) is 16.8. The minimum Gasteiger partial charge on any atom is -0.352 e. The fraction of sp³-hybridized carbons (Fsp3) is 0.462. The Labute approximate surface area is 224 Å². The minimum atomic E-state index is -3.55. The second-order valence-corrected chi connectivity index (χ2v) is 11.7. The van der Waals surface area contributed by atoms with Crippen molar-refractivity contribution in [3.63, 3.8) is 0 Å². The van der Waals surface area contributed by atoms with E-state index in [4.69, 9.17) is 23.2 Å². The van der Waals surface area contributed by atoms with E-state index in [9.17, 15) is 18.0 Å². The van der Waals surface area contributed by atoms with Gasteiger partial charge in [-0.05, 0) is 63.4 Å². The number of nitrogens with one attached hydrogen (secondary N) is 1. The first kappa shape index (κ1) is 29.9. The number of hydrogen-bond acceptors (Lipinski definition) is 4. The Morgan fingerprint density at radius 1 is 1.00 bits per heavy atom. The largest absolute Gasteiger partial charge is 0.352 e. The van der Waals surface area contributed by atoms with Gasteiger partial charge in [0.25, 0.3) is 0 Å². The summed E-state index contributed by atoms with van der Waals surface area (Å²) in [6.07, 6.45) is 2.31. The molecule has 0 unspecified atom stereocenters. The molecule has 36 heavy (non-hydrogen) atoms. The Hall–Kier alpha value is -2.29. The SMILES string of the molecule is CCc1ccc(N(CCCC(=O)N(Cc2c(Cl)cccc2Cl)[C@@H](C)C(=O)NC(C)C)S(C)(=O)=O)cc1. The number of nitrogens with zero attached hydrogens (tertiary/aromatic N) is 2. The summed E-state index contributed by atoms with van der Waals surface area (Å²) in [5, 5.41) is 3.63. The zero-order valence-electron chi connectivity index (χ0n) is 21.4. The number of rotatable bonds is 12. The first-order valence-corrected chi connectivity index (χ1v) is 14.5. The van der Waals surface area contributed by atoms with Gasteiger partial charge in [0, 0.05) is 41.2 Å². The van der Waals surface area contributed by atoms with Crippen LogP contribution in [0.15, 0.2) is 42.5 Å². The summed E-state index contributed by atoms with van der Waals surface area (Å²) in [6.45, 7) is 7.54. The third kappa shape index (κ3) is 8.39. The van der Waals surface area contributed by atoms with Crippen LogP contribution < -0.4 is 9.62 Å². The van der Waals surface area contributed by atoms with E-state index < -0.39 is 16.1 Å². The molecule has 1 atom stereocenters. The third-order valence-electron chi connectivity index (χ3n) is 5.77. The monoisotopic (exact) mass is 555 g/mol. The molecular weight excluding hydrogens is 521 g/mol. The lowest BCUT2D eigenvalue weighted by atomic mass is 10.1. The molecular formula is C26H35Cl2N3O4S. The van der Waals surface area contributed by atoms with Crippen molar-refractivity contribution in [2.75, 3.05) is 17.1 Å². The Kier molecular flexibility index (Phi) is 11.1. The highest BCUT2D eigenvalue weighted by molar-refractivity contribution is 7.92. The average molecular weight is 557 g/mol. The maximum absolute atomic E-state index is 13.3. The molecule has 1 N–H and O–H groups in total. The van der Waals surface area contributed by atoms with E-state index in [2.05, 4.69) is 5.32 Å². The fourth-order valence-corrected chi connectivity index (χ4v) is 5.23. The lowest BCUT2D eigenvalue weighted by Gasteiger charge is -2.30. The molecule has 2 aromatic rings. The van der Waals surface area contributed by atoms with Gasteiger partial charge < -0.3 is 10.2 Å². The fourth-order valence-electron chi connectivity index (χ4n) is 3.74. The molecule has 0 aliphatic carbocycles. The number of amides is 2. The van der Waals surface area contributed by atoms with E-state index in [1.54, 1.807) is 37.3 Å². The molecule has 0 saturated heterocycles. The van der Waals surface area contributed by atoms with Gasteiger partial charge in [0.05, 0.1) is 11.9 Å². The van der Waals surface area contributed by atoms with Crippen LogP contribution in [0.1, 0.15) is 51.7 Å². The van der Waals surface area contributed by atoms with Crippen molar-refractivity contribution in [1.82, 2.24) is 10.2 Å². The van der Waals surface area contributed by atoms with Crippen molar-refractivity contribution in [3.8, 4) is 0 Å². The molecule has 0 aliphatic heterocycles. The van der Waals surface area contributed by atoms with Crippen molar-refractivity contribution in [2.45, 2.75) is 65.6 Å². The predicted molar refractivity (Wildman–Crippen MR) is 147 cm³/mol. The Bertz CT molecular complexity index is 1130. The highest BCUT2D eigenvalue weighted by atomic mass is 35.5. The van der Waals surface area contributed by atoms with Crippen molar-refractivity contribution < 1.29 is 18.0 Å². The van der Waals surface area contributed by atoms with Crippen LogP contribution in [0.3, 0.4) is 0 Å². The molecule has 10 heteroatoms. The zero-order valence-corrected chi connectivity index (χ0v) is 23.8. The standard InChI is InChI=1S/C26H35Cl2N3O4S/c1-6-20-12-14-21(15-13-20)31(36(5,34)35)16-8-11-25(32)30(19(4)26(33)29-18(2)3)17-22-23(27)9-7-10-24(22)28/h7,9-10,12-15,18-19H,6,8,11,16-17H2,1-5H3,(H,29,33)/t19-/m0/s1. The highest BCUT2D eigenvalue weighted by Gasteiger charge is 2.28. The first-order valence-electron chi connectivity index (χ1n) is 11.9. The van der Waals surface area contributed by atoms with E-state index in [1.807, 2.05) is 32.9 Å². The molecule has 2 rings (SSSR count). The molecule has 198 valence electrons. The molecule has 0 radical (unpaired) electrons. The number of carbonyl (C=O) groups excluding carboxylic acids is 2. The quantitative estimate of drug-likeness (QED) is 0.397. The summed E-state index contributed by atoms with van der Waals surface area (Å²) in [5.74, 6) is -0.595. The van der Waals surface area contributed by atoms with Crippen LogP contribution >= 0.6 is 23.2 Å². The van der Waals surface area contributed by atoms with Crippen molar-refractivity contribution in [1.29, 1.82) is 0 Å². The van der Waals surface area contributed by atoms with E-state index in [-0.39, 0.29) is 43.8 Å². The summed E-state index contributed by atoms with van der Waals surface area (Å²) < 4.78 is 26.2. The molecule has 0 aromatic heterocycles. The van der Waals surface area contributed by atoms with Crippen LogP contribution in [-0.4, -0.2) is 50.0 Å². The van der Waals surface area contributed by atoms with E-state index in [0.29, 0.717) is 21.3 Å². The van der Waals surface area contributed by atoms with Crippen molar-refractivity contribution in [3.05, 3.63) is 63.6 Å². The van der Waals surface area contributed by atoms with Crippen LogP contribution in [0, 0.1) is 0 Å². The molecule has 0 aliphatic rings. The molecule has 0 bridgehead atoms. The minimum absolute atomic E-state index is 0.0421. The van der Waals surface area contributed by atoms with Crippen LogP contribution in [0.25, 0.3) is 0 Å². The molecule has 0 heterocycles. The molecule has 7 nitrogen and oxygen atoms in total. The predicted octanol–water partition coefficient (Wildman–Crippen LogP) is 5.04. The van der Waals surface area contributed by atoms with Crippen molar-refractivity contribution in [2.24, 2.45) is 0 Å². The molecule has 0 fully saturated rings. The summed E-state index contributed by atoms with van der Waals surface area (Å²) >= 11 is 12.7. The third-order valence-corrected chi connectivity index (χ3v) is 7.68. The number of carbonyl (C=O) groups is 2. The molecule has 2 aromatic carbocycles. The van der Waals surface area contributed by atoms with E-state index in [1.165, 1.54) is 9.21 Å². The van der Waals surface area contributed by atoms with Gasteiger partial charge in [-0.15, -0.1) is 0 Å². The van der Waals surface area contributed by atoms with Gasteiger partial charge in [-0.1, -0.05) is 48.3 Å². The maximum atomic E-state index is 13.3. The number of benzene rings is 2. The molecule has 2 amide bonds. The second-order valence-electron chi connectivity index (χ2n) is 9.02. The normalized spacial score (nSPS) is 12.3. The number of halogens is 2. The Morgan fingerprint density at radius 2 is 1.58 bits per heavy atom. The summed E-state index contributed by atoms with van der Waals surface area (Å²) in [4.78, 5) is 27.5. The summed E-state index contributed by atoms with van der Waals surface area (Å²) in [6, 6.07) is 11.5. The average Bonchev–Trinajstić information content (AvgIpc) is 2.80. The molecule has 0 spiro atoms. The van der Waals surface area contributed by atoms with Gasteiger partial charge in [-0.2, -0.15) is 0 Å². The summed E-state index contributed by atoms with van der Waals surface area (Å²) in [5.41, 5.74) is 2.20. The van der Waals surface area contributed by atoms with Crippen molar-refractivity contribution >= 4 is 50.7 Å². The van der Waals surface area contributed by atoms with Crippen LogP contribution in [-0.2, 0) is 32.6 Å². The van der Waals surface area contributed by atoms with E-state index in [0.717, 1.165) is 18.2 Å². The van der Waals surface area contributed by atoms with Crippen LogP contribution in [0.4, 0.5) is 5.69 Å². The maximum Gasteiger partial charge on any atom is 0.242 e. The van der Waals surface area contributed by atoms with Gasteiger partial charge in [0.2, 0.25) is 21.8 Å². The smallest absolute Gasteiger partial charge is 0.242 e. The van der Waals surface area contributed by atoms with Gasteiger partial charge in [-0.3, -0.25) is 13.9 Å². The summed E-state index contributed by atoms with van der Waals surface area (Å²) in [7, 11) is -3.55. The Balaban J connectivity index is 2.21. The lowest BCUT2D eigenvalue weighted by Crippen LogP contribution is -2.49. The lowest BCUT2D eigenvalue weighted by molar-refractivity contribution is -0.140. The van der Waals surface area contributed by atoms with Gasteiger partial charge in [-0.25, -0.2) is 8.42 Å². The second kappa shape index (κ2) is 13.3. The highest BCUT2D eigenvalue weighted by Crippen LogP contribution is 2.27. The Morgan fingerprint density at radius 3 is 2.08 bits per heavy atom. The van der Waals surface area contributed by atoms with Gasteiger partial charge in [0.1, 0.15) is 6.04 Å². The number of hydrogen-bond donors (Lipinski definition) is 1. The number of sulfonamides is 1. The zero-order chi connectivity index (χ0) is 27.0. The van der Waals surface area contributed by atoms with Crippen LogP contribution in [0.2, 0.25) is 10.0 Å². The topological polar surface area (TPSA) is 86.8 Å². The van der Waals surface area contributed by atoms with E-state index >= 15 is 0 Å².